The second kappa shape index (κ2) is 5.82. The molecule has 3 aromatic rings. The van der Waals surface area contributed by atoms with Gasteiger partial charge in [0.25, 0.3) is 0 Å². The first-order chi connectivity index (χ1) is 15.2. The van der Waals surface area contributed by atoms with E-state index in [1.807, 2.05) is 30.3 Å². The summed E-state index contributed by atoms with van der Waals surface area (Å²) in [7, 11) is 0. The lowest BCUT2D eigenvalue weighted by molar-refractivity contribution is -0.184. The molecule has 3 aliphatic heterocycles. The lowest BCUT2D eigenvalue weighted by Crippen LogP contribution is -2.61. The number of fused-ring (bicyclic) bond motifs is 9. The Kier molecular flexibility index (Phi) is 3.31. The summed E-state index contributed by atoms with van der Waals surface area (Å²) in [6.07, 6.45) is 4.66. The first-order valence-corrected chi connectivity index (χ1v) is 11.0. The molecule has 2 fully saturated rings. The second-order valence-corrected chi connectivity index (χ2v) is 9.10. The van der Waals surface area contributed by atoms with E-state index in [1.54, 1.807) is 6.08 Å². The fourth-order valence-electron chi connectivity index (χ4n) is 6.72. The zero-order valence-corrected chi connectivity index (χ0v) is 17.0. The second-order valence-electron chi connectivity index (χ2n) is 9.10. The van der Waals surface area contributed by atoms with E-state index >= 15 is 0 Å². The molecule has 1 aliphatic carbocycles. The van der Waals surface area contributed by atoms with Crippen molar-refractivity contribution in [3.63, 3.8) is 0 Å². The van der Waals surface area contributed by atoms with Gasteiger partial charge < -0.3 is 9.47 Å². The third kappa shape index (κ3) is 1.91. The average molecular weight is 406 g/mol. The minimum Gasteiger partial charge on any atom is -0.370 e. The summed E-state index contributed by atoms with van der Waals surface area (Å²) in [4.78, 5) is 13.6. The van der Waals surface area contributed by atoms with Crippen molar-refractivity contribution >= 4 is 5.78 Å². The van der Waals surface area contributed by atoms with Gasteiger partial charge in [-0.05, 0) is 34.4 Å². The molecule has 2 bridgehead atoms. The highest BCUT2D eigenvalue weighted by molar-refractivity contribution is 5.96. The van der Waals surface area contributed by atoms with Crippen molar-refractivity contribution < 1.29 is 14.3 Å². The van der Waals surface area contributed by atoms with E-state index in [-0.39, 0.29) is 17.6 Å². The van der Waals surface area contributed by atoms with Gasteiger partial charge in [-0.15, -0.1) is 0 Å². The van der Waals surface area contributed by atoms with Crippen molar-refractivity contribution in [3.8, 4) is 0 Å². The summed E-state index contributed by atoms with van der Waals surface area (Å²) in [5.74, 6) is -0.332. The molecule has 4 aliphatic rings. The average Bonchev–Trinajstić information content (AvgIpc) is 3.31. The Morgan fingerprint density at radius 1 is 0.742 bits per heavy atom. The number of hydrogen-bond donors (Lipinski definition) is 0. The summed E-state index contributed by atoms with van der Waals surface area (Å²) < 4.78 is 13.6. The van der Waals surface area contributed by atoms with Gasteiger partial charge in [-0.3, -0.25) is 4.79 Å². The van der Waals surface area contributed by atoms with Crippen LogP contribution >= 0.6 is 0 Å². The van der Waals surface area contributed by atoms with Crippen molar-refractivity contribution in [1.29, 1.82) is 0 Å². The molecule has 0 amide bonds. The first-order valence-electron chi connectivity index (χ1n) is 11.0. The Hall–Kier alpha value is -3.01. The SMILES string of the molecule is O=C1C=C[C@]2(CCO2)[C@@H]2[C@H]1C1(c3ccccc3)OC2(c2ccccc2)c2ccccc21. The largest absolute Gasteiger partial charge is 0.370 e. The highest BCUT2D eigenvalue weighted by Crippen LogP contribution is 2.73. The predicted octanol–water partition coefficient (Wildman–Crippen LogP) is 4.75. The molecule has 3 nitrogen and oxygen atoms in total. The van der Waals surface area contributed by atoms with Gasteiger partial charge in [-0.1, -0.05) is 84.9 Å². The number of rotatable bonds is 2. The van der Waals surface area contributed by atoms with E-state index in [0.29, 0.717) is 6.61 Å². The molecule has 152 valence electrons. The minimum absolute atomic E-state index is 0.122. The van der Waals surface area contributed by atoms with Crippen LogP contribution in [0.2, 0.25) is 0 Å². The first kappa shape index (κ1) is 17.6. The van der Waals surface area contributed by atoms with Gasteiger partial charge in [0, 0.05) is 12.3 Å². The van der Waals surface area contributed by atoms with E-state index in [1.165, 1.54) is 0 Å². The molecule has 7 rings (SSSR count). The van der Waals surface area contributed by atoms with Crippen molar-refractivity contribution in [2.75, 3.05) is 6.61 Å². The molecule has 2 unspecified atom stereocenters. The van der Waals surface area contributed by atoms with Crippen LogP contribution in [0.25, 0.3) is 0 Å². The molecule has 2 saturated heterocycles. The van der Waals surface area contributed by atoms with E-state index < -0.39 is 16.8 Å². The fourth-order valence-corrected chi connectivity index (χ4v) is 6.72. The normalized spacial score (nSPS) is 36.8. The highest BCUT2D eigenvalue weighted by Gasteiger charge is 2.77. The van der Waals surface area contributed by atoms with E-state index in [2.05, 4.69) is 60.7 Å². The van der Waals surface area contributed by atoms with Crippen LogP contribution in [0, 0.1) is 11.8 Å². The quantitative estimate of drug-likeness (QED) is 0.616. The molecule has 3 aromatic carbocycles. The third-order valence-electron chi connectivity index (χ3n) is 7.89. The van der Waals surface area contributed by atoms with E-state index in [9.17, 15) is 4.79 Å². The maximum Gasteiger partial charge on any atom is 0.162 e. The smallest absolute Gasteiger partial charge is 0.162 e. The Morgan fingerprint density at radius 3 is 1.87 bits per heavy atom. The zero-order valence-electron chi connectivity index (χ0n) is 17.0. The summed E-state index contributed by atoms with van der Waals surface area (Å²) in [5.41, 5.74) is 2.34. The molecule has 31 heavy (non-hydrogen) atoms. The number of hydrogen-bond acceptors (Lipinski definition) is 3. The Morgan fingerprint density at radius 2 is 1.29 bits per heavy atom. The van der Waals surface area contributed by atoms with Gasteiger partial charge >= 0.3 is 0 Å². The van der Waals surface area contributed by atoms with Gasteiger partial charge in [-0.2, -0.15) is 0 Å². The van der Waals surface area contributed by atoms with Crippen LogP contribution in [0.3, 0.4) is 0 Å². The van der Waals surface area contributed by atoms with Crippen LogP contribution in [0.5, 0.6) is 0 Å². The van der Waals surface area contributed by atoms with E-state index in [4.69, 9.17) is 9.47 Å². The lowest BCUT2D eigenvalue weighted by Gasteiger charge is -2.54. The van der Waals surface area contributed by atoms with Crippen LogP contribution in [0.1, 0.15) is 28.7 Å². The van der Waals surface area contributed by atoms with Gasteiger partial charge in [0.2, 0.25) is 0 Å². The number of benzene rings is 3. The molecule has 0 saturated carbocycles. The Bertz CT molecular complexity index is 1230. The molecule has 0 N–H and O–H groups in total. The third-order valence-corrected chi connectivity index (χ3v) is 7.89. The Labute approximate surface area is 181 Å². The molecule has 0 aromatic heterocycles. The number of carbonyl (C=O) groups is 1. The lowest BCUT2D eigenvalue weighted by atomic mass is 9.52. The zero-order chi connectivity index (χ0) is 20.7. The molecular formula is C28H22O3. The van der Waals surface area contributed by atoms with Gasteiger partial charge in [0.05, 0.1) is 18.1 Å². The van der Waals surface area contributed by atoms with Crippen LogP contribution in [0.4, 0.5) is 0 Å². The van der Waals surface area contributed by atoms with Crippen molar-refractivity contribution in [1.82, 2.24) is 0 Å². The number of ether oxygens (including phenoxy) is 2. The van der Waals surface area contributed by atoms with Gasteiger partial charge in [-0.25, -0.2) is 0 Å². The van der Waals surface area contributed by atoms with Crippen LogP contribution in [-0.4, -0.2) is 18.0 Å². The van der Waals surface area contributed by atoms with Gasteiger partial charge in [0.15, 0.2) is 5.78 Å². The summed E-state index contributed by atoms with van der Waals surface area (Å²) in [6.45, 7) is 0.715. The molecule has 0 radical (unpaired) electrons. The minimum atomic E-state index is -0.827. The molecule has 3 heterocycles. The Balaban J connectivity index is 1.62. The van der Waals surface area contributed by atoms with Crippen LogP contribution in [-0.2, 0) is 25.5 Å². The molecular weight excluding hydrogens is 384 g/mol. The van der Waals surface area contributed by atoms with Crippen molar-refractivity contribution in [2.45, 2.75) is 23.2 Å². The van der Waals surface area contributed by atoms with Crippen molar-refractivity contribution in [2.24, 2.45) is 11.8 Å². The number of carbonyl (C=O) groups excluding carboxylic acids is 1. The fraction of sp³-hybridized carbons (Fsp3) is 0.250. The van der Waals surface area contributed by atoms with Crippen LogP contribution in [0.15, 0.2) is 97.1 Å². The highest BCUT2D eigenvalue weighted by atomic mass is 16.6. The van der Waals surface area contributed by atoms with Crippen molar-refractivity contribution in [3.05, 3.63) is 119 Å². The molecule has 3 heteroatoms. The summed E-state index contributed by atoms with van der Waals surface area (Å²) in [6, 6.07) is 29.1. The summed E-state index contributed by atoms with van der Waals surface area (Å²) >= 11 is 0. The topological polar surface area (TPSA) is 35.5 Å². The predicted molar refractivity (Wildman–Crippen MR) is 116 cm³/mol. The standard InChI is InChI=1S/C28H22O3/c29-23-15-16-26(17-18-30-26)25-24(23)27(19-9-3-1-4-10-19)21-13-7-8-14-22(21)28(25,31-27)20-11-5-2-6-12-20/h1-16,24-25H,17-18H2/t24-,25-,26-,27?,28?/m0/s1. The molecule has 5 atom stereocenters. The summed E-state index contributed by atoms with van der Waals surface area (Å²) in [5, 5.41) is 0. The maximum absolute atomic E-state index is 13.6. The number of ketones is 1. The maximum atomic E-state index is 13.6. The number of allylic oxidation sites excluding steroid dienone is 1. The van der Waals surface area contributed by atoms with Gasteiger partial charge in [0.1, 0.15) is 11.2 Å². The molecule has 1 spiro atoms. The van der Waals surface area contributed by atoms with E-state index in [0.717, 1.165) is 28.7 Å². The van der Waals surface area contributed by atoms with Crippen LogP contribution < -0.4 is 0 Å². The monoisotopic (exact) mass is 406 g/mol.